The first-order valence-corrected chi connectivity index (χ1v) is 4.73. The van der Waals surface area contributed by atoms with E-state index < -0.39 is 0 Å². The molecule has 0 aliphatic heterocycles. The first kappa shape index (κ1) is 8.19. The van der Waals surface area contributed by atoms with Gasteiger partial charge in [0.2, 0.25) is 0 Å². The van der Waals surface area contributed by atoms with Gasteiger partial charge in [0.1, 0.15) is 5.69 Å². The SMILES string of the molecule is O=C(Cc1ccoc1)c1cscn1. The molecule has 0 bridgehead atoms. The van der Waals surface area contributed by atoms with Crippen molar-refractivity contribution >= 4 is 17.1 Å². The summed E-state index contributed by atoms with van der Waals surface area (Å²) in [7, 11) is 0. The molecule has 0 aliphatic rings. The van der Waals surface area contributed by atoms with E-state index >= 15 is 0 Å². The van der Waals surface area contributed by atoms with Crippen molar-refractivity contribution in [1.29, 1.82) is 0 Å². The number of Topliss-reactive ketones (excluding diaryl/α,β-unsaturated/α-hetero) is 1. The molecule has 0 saturated heterocycles. The molecule has 2 aromatic heterocycles. The van der Waals surface area contributed by atoms with Gasteiger partial charge in [-0.2, -0.15) is 0 Å². The molecule has 0 radical (unpaired) electrons. The van der Waals surface area contributed by atoms with Gasteiger partial charge in [0.25, 0.3) is 0 Å². The van der Waals surface area contributed by atoms with Crippen LogP contribution in [0.25, 0.3) is 0 Å². The summed E-state index contributed by atoms with van der Waals surface area (Å²) >= 11 is 1.43. The molecule has 3 nitrogen and oxygen atoms in total. The van der Waals surface area contributed by atoms with E-state index in [1.165, 1.54) is 11.3 Å². The Balaban J connectivity index is 2.08. The molecule has 2 heterocycles. The van der Waals surface area contributed by atoms with Gasteiger partial charge in [-0.3, -0.25) is 4.79 Å². The van der Waals surface area contributed by atoms with Crippen LogP contribution in [0.1, 0.15) is 16.1 Å². The van der Waals surface area contributed by atoms with Crippen LogP contribution in [0, 0.1) is 0 Å². The van der Waals surface area contributed by atoms with E-state index in [2.05, 4.69) is 4.98 Å². The third-order valence-corrected chi connectivity index (χ3v) is 2.25. The van der Waals surface area contributed by atoms with E-state index in [0.717, 1.165) is 5.56 Å². The van der Waals surface area contributed by atoms with Crippen LogP contribution in [0.2, 0.25) is 0 Å². The lowest BCUT2D eigenvalue weighted by Crippen LogP contribution is -2.02. The van der Waals surface area contributed by atoms with E-state index in [1.807, 2.05) is 0 Å². The fourth-order valence-corrected chi connectivity index (χ4v) is 1.58. The number of hydrogen-bond acceptors (Lipinski definition) is 4. The fourth-order valence-electron chi connectivity index (χ4n) is 1.02. The van der Waals surface area contributed by atoms with Gasteiger partial charge < -0.3 is 4.42 Å². The molecule has 0 spiro atoms. The molecule has 66 valence electrons. The van der Waals surface area contributed by atoms with Crippen molar-refractivity contribution in [3.63, 3.8) is 0 Å². The molecule has 0 fully saturated rings. The summed E-state index contributed by atoms with van der Waals surface area (Å²) in [6, 6.07) is 1.78. The lowest BCUT2D eigenvalue weighted by Gasteiger charge is -1.91. The summed E-state index contributed by atoms with van der Waals surface area (Å²) in [6.07, 6.45) is 3.49. The van der Waals surface area contributed by atoms with Gasteiger partial charge in [-0.1, -0.05) is 0 Å². The van der Waals surface area contributed by atoms with Crippen molar-refractivity contribution in [3.8, 4) is 0 Å². The minimum Gasteiger partial charge on any atom is -0.472 e. The van der Waals surface area contributed by atoms with E-state index in [4.69, 9.17) is 4.42 Å². The standard InChI is InChI=1S/C9H7NO2S/c11-9(8-5-13-6-10-8)3-7-1-2-12-4-7/h1-2,4-6H,3H2. The highest BCUT2D eigenvalue weighted by atomic mass is 32.1. The molecule has 2 aromatic rings. The van der Waals surface area contributed by atoms with Crippen LogP contribution in [0.15, 0.2) is 33.9 Å². The quantitative estimate of drug-likeness (QED) is 0.701. The van der Waals surface area contributed by atoms with Crippen LogP contribution in [0.3, 0.4) is 0 Å². The molecule has 0 atom stereocenters. The van der Waals surface area contributed by atoms with Crippen LogP contribution < -0.4 is 0 Å². The molecule has 13 heavy (non-hydrogen) atoms. The summed E-state index contributed by atoms with van der Waals surface area (Å²) in [5.74, 6) is 0.0302. The number of rotatable bonds is 3. The summed E-state index contributed by atoms with van der Waals surface area (Å²) in [6.45, 7) is 0. The minimum absolute atomic E-state index is 0.0302. The van der Waals surface area contributed by atoms with E-state index in [9.17, 15) is 4.79 Å². The van der Waals surface area contributed by atoms with Crippen LogP contribution in [0.4, 0.5) is 0 Å². The van der Waals surface area contributed by atoms with Crippen molar-refractivity contribution in [3.05, 3.63) is 40.7 Å². The number of nitrogens with zero attached hydrogens (tertiary/aromatic N) is 1. The normalized spacial score (nSPS) is 10.2. The predicted molar refractivity (Wildman–Crippen MR) is 48.9 cm³/mol. The zero-order valence-corrected chi connectivity index (χ0v) is 7.58. The topological polar surface area (TPSA) is 43.1 Å². The van der Waals surface area contributed by atoms with Crippen LogP contribution in [-0.2, 0) is 6.42 Å². The van der Waals surface area contributed by atoms with Crippen molar-refractivity contribution in [1.82, 2.24) is 4.98 Å². The predicted octanol–water partition coefficient (Wildman–Crippen LogP) is 2.16. The zero-order chi connectivity index (χ0) is 9.10. The Labute approximate surface area is 79.0 Å². The lowest BCUT2D eigenvalue weighted by molar-refractivity contribution is 0.0988. The fraction of sp³-hybridized carbons (Fsp3) is 0.111. The molecule has 0 N–H and O–H groups in total. The van der Waals surface area contributed by atoms with Gasteiger partial charge >= 0.3 is 0 Å². The van der Waals surface area contributed by atoms with Crippen molar-refractivity contribution in [2.45, 2.75) is 6.42 Å². The Morgan fingerprint density at radius 3 is 3.15 bits per heavy atom. The maximum atomic E-state index is 11.5. The van der Waals surface area contributed by atoms with Gasteiger partial charge in [0, 0.05) is 11.8 Å². The van der Waals surface area contributed by atoms with E-state index in [1.54, 1.807) is 29.5 Å². The summed E-state index contributed by atoms with van der Waals surface area (Å²) in [5, 5.41) is 1.75. The second-order valence-electron chi connectivity index (χ2n) is 2.61. The van der Waals surface area contributed by atoms with Gasteiger partial charge in [-0.25, -0.2) is 4.98 Å². The number of thiazole rings is 1. The Morgan fingerprint density at radius 2 is 2.54 bits per heavy atom. The number of furan rings is 1. The average molecular weight is 193 g/mol. The lowest BCUT2D eigenvalue weighted by atomic mass is 10.1. The Morgan fingerprint density at radius 1 is 1.62 bits per heavy atom. The second-order valence-corrected chi connectivity index (χ2v) is 3.32. The molecule has 0 unspecified atom stereocenters. The Kier molecular flexibility index (Phi) is 2.23. The average Bonchev–Trinajstić information content (AvgIpc) is 2.74. The van der Waals surface area contributed by atoms with Crippen molar-refractivity contribution < 1.29 is 9.21 Å². The summed E-state index contributed by atoms with van der Waals surface area (Å²) < 4.78 is 4.86. The van der Waals surface area contributed by atoms with Gasteiger partial charge in [-0.05, 0) is 11.6 Å². The van der Waals surface area contributed by atoms with Crippen LogP contribution in [0.5, 0.6) is 0 Å². The smallest absolute Gasteiger partial charge is 0.186 e. The van der Waals surface area contributed by atoms with Gasteiger partial charge in [0.15, 0.2) is 5.78 Å². The summed E-state index contributed by atoms with van der Waals surface area (Å²) in [5.41, 5.74) is 3.08. The highest BCUT2D eigenvalue weighted by Gasteiger charge is 2.08. The second kappa shape index (κ2) is 3.53. The van der Waals surface area contributed by atoms with Crippen molar-refractivity contribution in [2.24, 2.45) is 0 Å². The Bertz CT molecular complexity index is 378. The van der Waals surface area contributed by atoms with Crippen LogP contribution in [-0.4, -0.2) is 10.8 Å². The molecular weight excluding hydrogens is 186 g/mol. The monoisotopic (exact) mass is 193 g/mol. The molecular formula is C9H7NO2S. The third kappa shape index (κ3) is 1.84. The van der Waals surface area contributed by atoms with Crippen LogP contribution >= 0.6 is 11.3 Å². The molecule has 2 rings (SSSR count). The maximum Gasteiger partial charge on any atom is 0.186 e. The van der Waals surface area contributed by atoms with E-state index in [-0.39, 0.29) is 5.78 Å². The van der Waals surface area contributed by atoms with Gasteiger partial charge in [0.05, 0.1) is 18.0 Å². The number of aromatic nitrogens is 1. The highest BCUT2D eigenvalue weighted by Crippen LogP contribution is 2.08. The maximum absolute atomic E-state index is 11.5. The molecule has 4 heteroatoms. The third-order valence-electron chi connectivity index (χ3n) is 1.66. The molecule has 0 saturated carbocycles. The number of carbonyl (C=O) groups excluding carboxylic acids is 1. The first-order valence-electron chi connectivity index (χ1n) is 3.79. The number of carbonyl (C=O) groups is 1. The zero-order valence-electron chi connectivity index (χ0n) is 6.77. The van der Waals surface area contributed by atoms with Gasteiger partial charge in [-0.15, -0.1) is 11.3 Å². The number of ketones is 1. The molecule has 0 aliphatic carbocycles. The largest absolute Gasteiger partial charge is 0.472 e. The molecule has 0 amide bonds. The minimum atomic E-state index is 0.0302. The summed E-state index contributed by atoms with van der Waals surface area (Å²) in [4.78, 5) is 15.4. The first-order chi connectivity index (χ1) is 6.36. The Hall–Kier alpha value is -1.42. The molecule has 0 aromatic carbocycles. The van der Waals surface area contributed by atoms with E-state index in [0.29, 0.717) is 12.1 Å². The van der Waals surface area contributed by atoms with Crippen molar-refractivity contribution in [2.75, 3.05) is 0 Å². The highest BCUT2D eigenvalue weighted by molar-refractivity contribution is 7.07. The number of hydrogen-bond donors (Lipinski definition) is 0.